The first-order valence-corrected chi connectivity index (χ1v) is 7.32. The molecule has 0 bridgehead atoms. The Morgan fingerprint density at radius 2 is 2.21 bits per heavy atom. The average molecular weight is 340 g/mol. The number of aromatic nitrogens is 2. The molecule has 2 N–H and O–H groups in total. The molecule has 128 valence electrons. The molecule has 0 aliphatic carbocycles. The fraction of sp³-hybridized carbons (Fsp3) is 0.333. The summed E-state index contributed by atoms with van der Waals surface area (Å²) in [5.41, 5.74) is 0.990. The summed E-state index contributed by atoms with van der Waals surface area (Å²) in [5.74, 6) is -0.515. The third-order valence-electron chi connectivity index (χ3n) is 3.69. The highest BCUT2D eigenvalue weighted by Gasteiger charge is 2.31. The van der Waals surface area contributed by atoms with Crippen molar-refractivity contribution >= 4 is 11.6 Å². The third kappa shape index (κ3) is 3.98. The van der Waals surface area contributed by atoms with Crippen LogP contribution in [0.5, 0.6) is 5.75 Å². The van der Waals surface area contributed by atoms with Crippen molar-refractivity contribution < 1.29 is 22.7 Å². The highest BCUT2D eigenvalue weighted by atomic mass is 19.4. The molecule has 6 nitrogen and oxygen atoms in total. The lowest BCUT2D eigenvalue weighted by Crippen LogP contribution is -2.37. The maximum atomic E-state index is 12.3. The first-order valence-electron chi connectivity index (χ1n) is 7.32. The molecule has 1 amide bonds. The molecule has 2 aromatic rings. The molecule has 3 rings (SSSR count). The maximum absolute atomic E-state index is 12.3. The summed E-state index contributed by atoms with van der Waals surface area (Å²) in [4.78, 5) is 13.9. The summed E-state index contributed by atoms with van der Waals surface area (Å²) in [6.45, 7) is 1.14. The number of ether oxygens (including phenoxy) is 1. The Hall–Kier alpha value is -2.71. The van der Waals surface area contributed by atoms with Gasteiger partial charge in [0.25, 0.3) is 5.91 Å². The lowest BCUT2D eigenvalue weighted by Gasteiger charge is -2.20. The first-order chi connectivity index (χ1) is 11.4. The van der Waals surface area contributed by atoms with Crippen molar-refractivity contribution in [3.63, 3.8) is 0 Å². The molecular formula is C15H15F3N4O2. The van der Waals surface area contributed by atoms with Gasteiger partial charge in [0, 0.05) is 37.1 Å². The fourth-order valence-corrected chi connectivity index (χ4v) is 2.64. The molecule has 1 aromatic carbocycles. The van der Waals surface area contributed by atoms with E-state index in [1.165, 1.54) is 24.4 Å². The molecule has 1 saturated heterocycles. The van der Waals surface area contributed by atoms with Crippen molar-refractivity contribution in [1.29, 1.82) is 0 Å². The zero-order valence-corrected chi connectivity index (χ0v) is 12.5. The molecule has 0 spiro atoms. The minimum absolute atomic E-state index is 0.0898. The Morgan fingerprint density at radius 1 is 1.38 bits per heavy atom. The molecule has 9 heteroatoms. The molecule has 1 atom stereocenters. The topological polar surface area (TPSA) is 70.2 Å². The van der Waals surface area contributed by atoms with Crippen LogP contribution in [0.3, 0.4) is 0 Å². The summed E-state index contributed by atoms with van der Waals surface area (Å²) in [6, 6.07) is 7.29. The Balaban J connectivity index is 1.61. The normalized spacial score (nSPS) is 17.8. The monoisotopic (exact) mass is 340 g/mol. The number of amides is 1. The number of nitrogens with zero attached hydrogens (tertiary/aromatic N) is 2. The minimum atomic E-state index is -4.72. The number of benzene rings is 1. The van der Waals surface area contributed by atoms with Crippen LogP contribution in [0.1, 0.15) is 16.9 Å². The lowest BCUT2D eigenvalue weighted by molar-refractivity contribution is -0.274. The second-order valence-corrected chi connectivity index (χ2v) is 5.42. The van der Waals surface area contributed by atoms with Crippen LogP contribution in [0.25, 0.3) is 0 Å². The van der Waals surface area contributed by atoms with E-state index in [2.05, 4.69) is 20.3 Å². The number of carbonyl (C=O) groups excluding carboxylic acids is 1. The number of aromatic amines is 1. The van der Waals surface area contributed by atoms with Crippen LogP contribution in [0.4, 0.5) is 18.9 Å². The number of hydrogen-bond donors (Lipinski definition) is 2. The molecule has 1 fully saturated rings. The molecule has 24 heavy (non-hydrogen) atoms. The van der Waals surface area contributed by atoms with Gasteiger partial charge in [0.1, 0.15) is 11.4 Å². The number of carbonyl (C=O) groups is 1. The Bertz CT molecular complexity index is 703. The van der Waals surface area contributed by atoms with Gasteiger partial charge in [-0.1, -0.05) is 6.07 Å². The van der Waals surface area contributed by atoms with E-state index in [0.29, 0.717) is 30.9 Å². The second kappa shape index (κ2) is 6.42. The van der Waals surface area contributed by atoms with Crippen molar-refractivity contribution in [2.45, 2.75) is 18.8 Å². The summed E-state index contributed by atoms with van der Waals surface area (Å²) < 4.78 is 40.8. The number of alkyl halides is 3. The molecule has 1 aromatic heterocycles. The van der Waals surface area contributed by atoms with E-state index in [0.717, 1.165) is 0 Å². The molecule has 0 unspecified atom stereocenters. The van der Waals surface area contributed by atoms with Crippen LogP contribution in [0, 0.1) is 0 Å². The second-order valence-electron chi connectivity index (χ2n) is 5.42. The van der Waals surface area contributed by atoms with Gasteiger partial charge >= 0.3 is 6.36 Å². The fourth-order valence-electron chi connectivity index (χ4n) is 2.64. The first kappa shape index (κ1) is 16.2. The van der Waals surface area contributed by atoms with Crippen molar-refractivity contribution in [3.8, 4) is 5.75 Å². The predicted octanol–water partition coefficient (Wildman–Crippen LogP) is 2.32. The van der Waals surface area contributed by atoms with Gasteiger partial charge in [0.15, 0.2) is 0 Å². The summed E-state index contributed by atoms with van der Waals surface area (Å²) >= 11 is 0. The van der Waals surface area contributed by atoms with Crippen LogP contribution < -0.4 is 15.0 Å². The van der Waals surface area contributed by atoms with E-state index >= 15 is 0 Å². The number of nitrogens with one attached hydrogen (secondary N) is 2. The van der Waals surface area contributed by atoms with Crippen molar-refractivity contribution in [2.75, 3.05) is 18.0 Å². The molecular weight excluding hydrogens is 325 g/mol. The zero-order valence-electron chi connectivity index (χ0n) is 12.5. The average Bonchev–Trinajstić information content (AvgIpc) is 3.17. The van der Waals surface area contributed by atoms with Crippen LogP contribution >= 0.6 is 0 Å². The molecule has 1 aliphatic heterocycles. The van der Waals surface area contributed by atoms with Gasteiger partial charge in [-0.2, -0.15) is 5.10 Å². The molecule has 2 heterocycles. The molecule has 0 saturated carbocycles. The van der Waals surface area contributed by atoms with E-state index in [1.54, 1.807) is 12.1 Å². The van der Waals surface area contributed by atoms with E-state index in [4.69, 9.17) is 0 Å². The van der Waals surface area contributed by atoms with Gasteiger partial charge in [-0.15, -0.1) is 13.2 Å². The zero-order chi connectivity index (χ0) is 17.2. The summed E-state index contributed by atoms with van der Waals surface area (Å²) in [7, 11) is 0. The number of hydrogen-bond acceptors (Lipinski definition) is 4. The highest BCUT2D eigenvalue weighted by molar-refractivity contribution is 5.92. The van der Waals surface area contributed by atoms with Gasteiger partial charge in [0.05, 0.1) is 0 Å². The largest absolute Gasteiger partial charge is 0.573 e. The van der Waals surface area contributed by atoms with E-state index in [-0.39, 0.29) is 17.7 Å². The SMILES string of the molecule is O=C(N[C@H]1CCN(c2cccc(OC(F)(F)F)c2)C1)c1ccn[nH]1. The number of anilines is 1. The Labute approximate surface area is 135 Å². The van der Waals surface area contributed by atoms with Crippen molar-refractivity contribution in [3.05, 3.63) is 42.2 Å². The predicted molar refractivity (Wildman–Crippen MR) is 79.8 cm³/mol. The van der Waals surface area contributed by atoms with Gasteiger partial charge in [-0.05, 0) is 24.6 Å². The summed E-state index contributed by atoms with van der Waals surface area (Å²) in [5, 5.41) is 9.17. The van der Waals surface area contributed by atoms with Crippen molar-refractivity contribution in [2.24, 2.45) is 0 Å². The van der Waals surface area contributed by atoms with Gasteiger partial charge in [-0.25, -0.2) is 0 Å². The van der Waals surface area contributed by atoms with Crippen LogP contribution in [-0.2, 0) is 0 Å². The van der Waals surface area contributed by atoms with E-state index in [1.807, 2.05) is 4.90 Å². The standard InChI is InChI=1S/C15H15F3N4O2/c16-15(17,18)24-12-3-1-2-11(8-12)22-7-5-10(9-22)20-14(23)13-4-6-19-21-13/h1-4,6,8,10H,5,7,9H2,(H,19,21)(H,20,23)/t10-/m0/s1. The number of halogens is 3. The van der Waals surface area contributed by atoms with Crippen molar-refractivity contribution in [1.82, 2.24) is 15.5 Å². The quantitative estimate of drug-likeness (QED) is 0.896. The number of H-pyrrole nitrogens is 1. The van der Waals surface area contributed by atoms with Crippen LogP contribution in [0.15, 0.2) is 36.5 Å². The van der Waals surface area contributed by atoms with E-state index in [9.17, 15) is 18.0 Å². The minimum Gasteiger partial charge on any atom is -0.406 e. The molecule has 1 aliphatic rings. The Morgan fingerprint density at radius 3 is 2.92 bits per heavy atom. The van der Waals surface area contributed by atoms with Crippen LogP contribution in [-0.4, -0.2) is 41.6 Å². The van der Waals surface area contributed by atoms with E-state index < -0.39 is 6.36 Å². The Kier molecular flexibility index (Phi) is 4.32. The lowest BCUT2D eigenvalue weighted by atomic mass is 10.2. The smallest absolute Gasteiger partial charge is 0.406 e. The van der Waals surface area contributed by atoms with Crippen LogP contribution in [0.2, 0.25) is 0 Å². The third-order valence-corrected chi connectivity index (χ3v) is 3.69. The highest BCUT2D eigenvalue weighted by Crippen LogP contribution is 2.28. The van der Waals surface area contributed by atoms with Gasteiger partial charge in [-0.3, -0.25) is 9.89 Å². The van der Waals surface area contributed by atoms with Gasteiger partial charge in [0.2, 0.25) is 0 Å². The maximum Gasteiger partial charge on any atom is 0.573 e. The van der Waals surface area contributed by atoms with Gasteiger partial charge < -0.3 is 15.0 Å². The summed E-state index contributed by atoms with van der Waals surface area (Å²) in [6.07, 6.45) is -2.53. The molecule has 0 radical (unpaired) electrons. The number of rotatable bonds is 4.